The van der Waals surface area contributed by atoms with Gasteiger partial charge in [0.15, 0.2) is 0 Å². The van der Waals surface area contributed by atoms with Gasteiger partial charge in [0.2, 0.25) is 5.91 Å². The molecule has 96 valence electrons. The molecule has 1 aliphatic rings. The molecular weight excluding hydrogens is 230 g/mol. The van der Waals surface area contributed by atoms with Crippen LogP contribution in [0.25, 0.3) is 0 Å². The molecule has 1 aromatic rings. The largest absolute Gasteiger partial charge is 0.355 e. The average molecular weight is 247 g/mol. The highest BCUT2D eigenvalue weighted by Gasteiger charge is 2.48. The first-order valence-electron chi connectivity index (χ1n) is 5.95. The molecule has 0 saturated heterocycles. The Morgan fingerprint density at radius 2 is 1.89 bits per heavy atom. The van der Waals surface area contributed by atoms with E-state index < -0.39 is 0 Å². The maximum Gasteiger partial charge on any atom is 0.251 e. The Morgan fingerprint density at radius 1 is 1.28 bits per heavy atom. The van der Waals surface area contributed by atoms with Crippen molar-refractivity contribution in [1.29, 1.82) is 0 Å². The van der Waals surface area contributed by atoms with E-state index in [1.165, 1.54) is 0 Å². The van der Waals surface area contributed by atoms with Gasteiger partial charge in [-0.05, 0) is 37.1 Å². The second kappa shape index (κ2) is 4.78. The van der Waals surface area contributed by atoms with Crippen LogP contribution in [0.3, 0.4) is 0 Å². The van der Waals surface area contributed by atoms with Crippen LogP contribution in [0, 0.1) is 5.41 Å². The van der Waals surface area contributed by atoms with E-state index in [0.717, 1.165) is 12.8 Å². The third kappa shape index (κ3) is 2.36. The van der Waals surface area contributed by atoms with Crippen LogP contribution in [0.4, 0.5) is 5.69 Å². The lowest BCUT2D eigenvalue weighted by Gasteiger charge is -2.12. The van der Waals surface area contributed by atoms with Crippen LogP contribution in [0.1, 0.15) is 23.2 Å². The summed E-state index contributed by atoms with van der Waals surface area (Å²) < 4.78 is 0. The molecule has 5 heteroatoms. The van der Waals surface area contributed by atoms with Crippen molar-refractivity contribution in [2.75, 3.05) is 18.9 Å². The Kier molecular flexibility index (Phi) is 3.34. The molecule has 2 rings (SSSR count). The molecule has 0 aromatic heterocycles. The first-order chi connectivity index (χ1) is 8.61. The van der Waals surface area contributed by atoms with E-state index in [2.05, 4.69) is 10.6 Å². The summed E-state index contributed by atoms with van der Waals surface area (Å²) >= 11 is 0. The minimum absolute atomic E-state index is 0.0299. The Balaban J connectivity index is 2.02. The molecule has 1 aliphatic carbocycles. The van der Waals surface area contributed by atoms with Gasteiger partial charge in [0.25, 0.3) is 5.91 Å². The molecule has 4 N–H and O–H groups in total. The highest BCUT2D eigenvalue weighted by Crippen LogP contribution is 2.45. The molecule has 0 unspecified atom stereocenters. The Morgan fingerprint density at radius 3 is 2.33 bits per heavy atom. The number of anilines is 1. The molecule has 1 aromatic carbocycles. The first-order valence-corrected chi connectivity index (χ1v) is 5.95. The molecular formula is C13H17N3O2. The molecule has 2 amide bonds. The third-order valence-electron chi connectivity index (χ3n) is 3.36. The highest BCUT2D eigenvalue weighted by molar-refractivity contribution is 5.98. The standard InChI is InChI=1S/C13H17N3O2/c1-15-11(17)9-2-4-10(5-3-9)16-12(18)13(8-14)6-7-13/h2-5H,6-8,14H2,1H3,(H,15,17)(H,16,18). The van der Waals surface area contributed by atoms with Crippen molar-refractivity contribution in [1.82, 2.24) is 5.32 Å². The predicted molar refractivity (Wildman–Crippen MR) is 69.2 cm³/mol. The zero-order valence-electron chi connectivity index (χ0n) is 10.3. The normalized spacial score (nSPS) is 15.9. The predicted octanol–water partition coefficient (Wildman–Crippen LogP) is 0.724. The molecule has 1 saturated carbocycles. The molecule has 0 heterocycles. The van der Waals surface area contributed by atoms with E-state index >= 15 is 0 Å². The van der Waals surface area contributed by atoms with Crippen molar-refractivity contribution in [3.8, 4) is 0 Å². The van der Waals surface area contributed by atoms with Gasteiger partial charge in [-0.3, -0.25) is 9.59 Å². The van der Waals surface area contributed by atoms with Gasteiger partial charge < -0.3 is 16.4 Å². The molecule has 0 atom stereocenters. The summed E-state index contributed by atoms with van der Waals surface area (Å²) in [7, 11) is 1.58. The van der Waals surface area contributed by atoms with Crippen LogP contribution >= 0.6 is 0 Å². The summed E-state index contributed by atoms with van der Waals surface area (Å²) in [5, 5.41) is 5.37. The molecule has 1 fully saturated rings. The zero-order valence-corrected chi connectivity index (χ0v) is 10.3. The fourth-order valence-electron chi connectivity index (χ4n) is 1.79. The molecule has 18 heavy (non-hydrogen) atoms. The molecule has 0 aliphatic heterocycles. The number of carbonyl (C=O) groups excluding carboxylic acids is 2. The van der Waals surface area contributed by atoms with E-state index in [-0.39, 0.29) is 17.2 Å². The van der Waals surface area contributed by atoms with Crippen molar-refractivity contribution in [2.24, 2.45) is 11.1 Å². The van der Waals surface area contributed by atoms with Crippen LogP contribution in [0.2, 0.25) is 0 Å². The summed E-state index contributed by atoms with van der Waals surface area (Å²) in [6.07, 6.45) is 1.71. The Labute approximate surface area is 106 Å². The van der Waals surface area contributed by atoms with Crippen LogP contribution < -0.4 is 16.4 Å². The van der Waals surface area contributed by atoms with Gasteiger partial charge in [0.1, 0.15) is 0 Å². The second-order valence-electron chi connectivity index (χ2n) is 4.60. The van der Waals surface area contributed by atoms with Crippen molar-refractivity contribution in [3.63, 3.8) is 0 Å². The molecule has 0 bridgehead atoms. The summed E-state index contributed by atoms with van der Waals surface area (Å²) in [4.78, 5) is 23.3. The minimum atomic E-state index is -0.362. The number of hydrogen-bond acceptors (Lipinski definition) is 3. The van der Waals surface area contributed by atoms with Gasteiger partial charge in [-0.1, -0.05) is 0 Å². The summed E-state index contributed by atoms with van der Waals surface area (Å²) in [5.41, 5.74) is 6.48. The number of carbonyl (C=O) groups is 2. The van der Waals surface area contributed by atoms with Gasteiger partial charge in [-0.25, -0.2) is 0 Å². The smallest absolute Gasteiger partial charge is 0.251 e. The van der Waals surface area contributed by atoms with Crippen molar-refractivity contribution in [2.45, 2.75) is 12.8 Å². The summed E-state index contributed by atoms with van der Waals surface area (Å²) in [5.74, 6) is -0.175. The van der Waals surface area contributed by atoms with Crippen LogP contribution in [-0.4, -0.2) is 25.4 Å². The number of nitrogens with one attached hydrogen (secondary N) is 2. The number of amides is 2. The van der Waals surface area contributed by atoms with Crippen molar-refractivity contribution in [3.05, 3.63) is 29.8 Å². The van der Waals surface area contributed by atoms with Crippen molar-refractivity contribution < 1.29 is 9.59 Å². The number of rotatable bonds is 4. The maximum atomic E-state index is 11.9. The highest BCUT2D eigenvalue weighted by atomic mass is 16.2. The summed E-state index contributed by atoms with van der Waals surface area (Å²) in [6.45, 7) is 0.384. The lowest BCUT2D eigenvalue weighted by atomic mass is 10.1. The molecule has 0 spiro atoms. The SMILES string of the molecule is CNC(=O)c1ccc(NC(=O)C2(CN)CC2)cc1. The van der Waals surface area contributed by atoms with Gasteiger partial charge in [0, 0.05) is 24.8 Å². The van der Waals surface area contributed by atoms with Gasteiger partial charge in [-0.15, -0.1) is 0 Å². The minimum Gasteiger partial charge on any atom is -0.355 e. The number of hydrogen-bond donors (Lipinski definition) is 3. The van der Waals surface area contributed by atoms with Crippen LogP contribution in [0.15, 0.2) is 24.3 Å². The van der Waals surface area contributed by atoms with Gasteiger partial charge >= 0.3 is 0 Å². The topological polar surface area (TPSA) is 84.2 Å². The lowest BCUT2D eigenvalue weighted by Crippen LogP contribution is -2.30. The van der Waals surface area contributed by atoms with Gasteiger partial charge in [-0.2, -0.15) is 0 Å². The van der Waals surface area contributed by atoms with E-state index in [1.54, 1.807) is 31.3 Å². The Bertz CT molecular complexity index is 464. The van der Waals surface area contributed by atoms with Gasteiger partial charge in [0.05, 0.1) is 5.41 Å². The number of nitrogens with two attached hydrogens (primary N) is 1. The summed E-state index contributed by atoms with van der Waals surface area (Å²) in [6, 6.07) is 6.79. The van der Waals surface area contributed by atoms with E-state index in [0.29, 0.717) is 17.8 Å². The second-order valence-corrected chi connectivity index (χ2v) is 4.60. The fraction of sp³-hybridized carbons (Fsp3) is 0.385. The van der Waals surface area contributed by atoms with E-state index in [4.69, 9.17) is 5.73 Å². The lowest BCUT2D eigenvalue weighted by molar-refractivity contribution is -0.120. The first kappa shape index (κ1) is 12.6. The quantitative estimate of drug-likeness (QED) is 0.733. The maximum absolute atomic E-state index is 11.9. The van der Waals surface area contributed by atoms with Crippen LogP contribution in [-0.2, 0) is 4.79 Å². The average Bonchev–Trinajstić information content (AvgIpc) is 3.19. The van der Waals surface area contributed by atoms with E-state index in [9.17, 15) is 9.59 Å². The zero-order chi connectivity index (χ0) is 13.2. The van der Waals surface area contributed by atoms with Crippen LogP contribution in [0.5, 0.6) is 0 Å². The third-order valence-corrected chi connectivity index (χ3v) is 3.36. The molecule has 0 radical (unpaired) electrons. The monoisotopic (exact) mass is 247 g/mol. The van der Waals surface area contributed by atoms with Crippen molar-refractivity contribution >= 4 is 17.5 Å². The Hall–Kier alpha value is -1.88. The number of benzene rings is 1. The van der Waals surface area contributed by atoms with E-state index in [1.807, 2.05) is 0 Å². The molecule has 5 nitrogen and oxygen atoms in total. The fourth-order valence-corrected chi connectivity index (χ4v) is 1.79.